The largest absolute Gasteiger partial charge is 0.573 e. The summed E-state index contributed by atoms with van der Waals surface area (Å²) >= 11 is 0. The number of amides is 1. The molecule has 1 amide bonds. The van der Waals surface area contributed by atoms with Crippen molar-refractivity contribution in [1.29, 1.82) is 0 Å². The van der Waals surface area contributed by atoms with E-state index in [1.54, 1.807) is 0 Å². The summed E-state index contributed by atoms with van der Waals surface area (Å²) in [6, 6.07) is 4.18. The Hall–Kier alpha value is -2.32. The van der Waals surface area contributed by atoms with Crippen LogP contribution in [-0.2, 0) is 11.3 Å². The summed E-state index contributed by atoms with van der Waals surface area (Å²) in [4.78, 5) is 21.5. The smallest absolute Gasteiger partial charge is 0.406 e. The number of alkyl halides is 3. The van der Waals surface area contributed by atoms with Crippen molar-refractivity contribution in [1.82, 2.24) is 5.32 Å². The van der Waals surface area contributed by atoms with Gasteiger partial charge in [-0.25, -0.2) is 0 Å². The molecular formula is C12H11F3N2O4. The molecule has 0 aromatic heterocycles. The second-order valence-corrected chi connectivity index (χ2v) is 4.60. The molecule has 1 aliphatic rings. The molecule has 1 fully saturated rings. The molecule has 0 unspecified atom stereocenters. The summed E-state index contributed by atoms with van der Waals surface area (Å²) in [5, 5.41) is 12.9. The van der Waals surface area contributed by atoms with Crippen molar-refractivity contribution in [2.24, 2.45) is 5.92 Å². The van der Waals surface area contributed by atoms with Gasteiger partial charge in [-0.15, -0.1) is 13.2 Å². The molecule has 6 nitrogen and oxygen atoms in total. The summed E-state index contributed by atoms with van der Waals surface area (Å²) in [6.07, 6.45) is -4.53. The van der Waals surface area contributed by atoms with Crippen molar-refractivity contribution >= 4 is 5.91 Å². The van der Waals surface area contributed by atoms with Crippen LogP contribution < -0.4 is 10.1 Å². The monoisotopic (exact) mass is 304 g/mol. The van der Waals surface area contributed by atoms with Gasteiger partial charge < -0.3 is 10.1 Å². The van der Waals surface area contributed by atoms with E-state index in [1.807, 2.05) is 0 Å². The number of carbonyl (C=O) groups is 1. The van der Waals surface area contributed by atoms with Gasteiger partial charge in [0.05, 0.1) is 0 Å². The van der Waals surface area contributed by atoms with Gasteiger partial charge in [0.25, 0.3) is 0 Å². The van der Waals surface area contributed by atoms with Gasteiger partial charge in [-0.3, -0.25) is 14.9 Å². The first-order valence-electron chi connectivity index (χ1n) is 6.02. The van der Waals surface area contributed by atoms with Crippen LogP contribution in [0.25, 0.3) is 0 Å². The molecule has 1 saturated carbocycles. The quantitative estimate of drug-likeness (QED) is 0.665. The van der Waals surface area contributed by atoms with Crippen molar-refractivity contribution < 1.29 is 27.6 Å². The minimum absolute atomic E-state index is 0.0894. The molecule has 0 aliphatic heterocycles. The normalized spacial score (nSPS) is 20.7. The summed E-state index contributed by atoms with van der Waals surface area (Å²) < 4.78 is 39.6. The van der Waals surface area contributed by atoms with Gasteiger partial charge in [-0.1, -0.05) is 12.1 Å². The zero-order valence-electron chi connectivity index (χ0n) is 10.6. The maximum atomic E-state index is 12.0. The molecule has 0 radical (unpaired) electrons. The number of rotatable bonds is 5. The summed E-state index contributed by atoms with van der Waals surface area (Å²) in [5.74, 6) is -1.40. The highest BCUT2D eigenvalue weighted by Crippen LogP contribution is 2.33. The predicted molar refractivity (Wildman–Crippen MR) is 63.9 cm³/mol. The summed E-state index contributed by atoms with van der Waals surface area (Å²) in [7, 11) is 0. The standard InChI is InChI=1S/C12H11F3N2O4/c13-12(14,15)21-8-3-1-7(2-4-8)6-16-11(18)9-5-10(9)17(19)20/h1-4,9-10H,5-6H2,(H,16,18)/t9-,10+/m0/s1. The van der Waals surface area contributed by atoms with Crippen LogP contribution in [0.1, 0.15) is 12.0 Å². The molecule has 0 heterocycles. The molecule has 1 N–H and O–H groups in total. The van der Waals surface area contributed by atoms with Crippen molar-refractivity contribution in [3.8, 4) is 5.75 Å². The predicted octanol–water partition coefficient (Wildman–Crippen LogP) is 1.87. The first-order chi connectivity index (χ1) is 9.76. The number of hydrogen-bond acceptors (Lipinski definition) is 4. The van der Waals surface area contributed by atoms with E-state index in [4.69, 9.17) is 0 Å². The van der Waals surface area contributed by atoms with Gasteiger partial charge in [-0.2, -0.15) is 0 Å². The van der Waals surface area contributed by atoms with Gasteiger partial charge in [0.2, 0.25) is 11.9 Å². The molecular weight excluding hydrogens is 293 g/mol. The first-order valence-corrected chi connectivity index (χ1v) is 6.02. The van der Waals surface area contributed by atoms with Crippen LogP contribution in [-0.4, -0.2) is 23.2 Å². The Morgan fingerprint density at radius 1 is 1.38 bits per heavy atom. The Labute approximate surface area is 117 Å². The van der Waals surface area contributed by atoms with Crippen LogP contribution in [0.2, 0.25) is 0 Å². The van der Waals surface area contributed by atoms with Crippen LogP contribution in [0.5, 0.6) is 5.75 Å². The van der Waals surface area contributed by atoms with E-state index < -0.39 is 29.2 Å². The van der Waals surface area contributed by atoms with Crippen LogP contribution in [0.4, 0.5) is 13.2 Å². The van der Waals surface area contributed by atoms with E-state index in [9.17, 15) is 28.1 Å². The van der Waals surface area contributed by atoms with E-state index in [0.29, 0.717) is 5.56 Å². The van der Waals surface area contributed by atoms with Gasteiger partial charge >= 0.3 is 6.36 Å². The fourth-order valence-electron chi connectivity index (χ4n) is 1.83. The molecule has 1 aliphatic carbocycles. The Bertz CT molecular complexity index is 544. The molecule has 9 heteroatoms. The molecule has 0 spiro atoms. The third-order valence-electron chi connectivity index (χ3n) is 2.99. The van der Waals surface area contributed by atoms with Gasteiger partial charge in [-0.05, 0) is 17.7 Å². The first kappa shape index (κ1) is 15.1. The van der Waals surface area contributed by atoms with Crippen LogP contribution >= 0.6 is 0 Å². The lowest BCUT2D eigenvalue weighted by atomic mass is 10.2. The van der Waals surface area contributed by atoms with E-state index in [2.05, 4.69) is 10.1 Å². The lowest BCUT2D eigenvalue weighted by molar-refractivity contribution is -0.497. The molecule has 2 rings (SSSR count). The molecule has 0 saturated heterocycles. The van der Waals surface area contributed by atoms with Crippen molar-refractivity contribution in [3.63, 3.8) is 0 Å². The number of ether oxygens (including phenoxy) is 1. The molecule has 21 heavy (non-hydrogen) atoms. The molecule has 0 bridgehead atoms. The fourth-order valence-corrected chi connectivity index (χ4v) is 1.83. The molecule has 2 atom stereocenters. The Kier molecular flexibility index (Phi) is 4.01. The number of hydrogen-bond donors (Lipinski definition) is 1. The van der Waals surface area contributed by atoms with Crippen LogP contribution in [0.3, 0.4) is 0 Å². The minimum atomic E-state index is -4.75. The number of nitro groups is 1. The summed E-state index contributed by atoms with van der Waals surface area (Å²) in [5.41, 5.74) is 0.566. The third-order valence-corrected chi connectivity index (χ3v) is 2.99. The lowest BCUT2D eigenvalue weighted by Crippen LogP contribution is -2.26. The molecule has 1 aromatic rings. The number of halogens is 3. The second-order valence-electron chi connectivity index (χ2n) is 4.60. The number of nitrogens with one attached hydrogen (secondary N) is 1. The van der Waals surface area contributed by atoms with E-state index in [0.717, 1.165) is 12.1 Å². The Morgan fingerprint density at radius 2 is 2.00 bits per heavy atom. The minimum Gasteiger partial charge on any atom is -0.406 e. The SMILES string of the molecule is O=C(NCc1ccc(OC(F)(F)F)cc1)[C@H]1C[C@H]1[N+](=O)[O-]. The third kappa shape index (κ3) is 4.33. The average molecular weight is 304 g/mol. The highest BCUT2D eigenvalue weighted by Gasteiger charge is 2.53. The number of carbonyl (C=O) groups excluding carboxylic acids is 1. The highest BCUT2D eigenvalue weighted by atomic mass is 19.4. The van der Waals surface area contributed by atoms with Crippen LogP contribution in [0, 0.1) is 16.0 Å². The Morgan fingerprint density at radius 3 is 2.48 bits per heavy atom. The number of nitrogens with zero attached hydrogens (tertiary/aromatic N) is 1. The molecule has 114 valence electrons. The van der Waals surface area contributed by atoms with Gasteiger partial charge in [0.15, 0.2) is 0 Å². The zero-order chi connectivity index (χ0) is 15.6. The fraction of sp³-hybridized carbons (Fsp3) is 0.417. The van der Waals surface area contributed by atoms with E-state index >= 15 is 0 Å². The van der Waals surface area contributed by atoms with Gasteiger partial charge in [0, 0.05) is 17.9 Å². The summed E-state index contributed by atoms with van der Waals surface area (Å²) in [6.45, 7) is 0.0894. The maximum Gasteiger partial charge on any atom is 0.573 e. The Balaban J connectivity index is 1.82. The topological polar surface area (TPSA) is 81.5 Å². The highest BCUT2D eigenvalue weighted by molar-refractivity contribution is 5.81. The van der Waals surface area contributed by atoms with Crippen LogP contribution in [0.15, 0.2) is 24.3 Å². The number of benzene rings is 1. The van der Waals surface area contributed by atoms with E-state index in [-0.39, 0.29) is 18.7 Å². The van der Waals surface area contributed by atoms with Crippen molar-refractivity contribution in [3.05, 3.63) is 39.9 Å². The average Bonchev–Trinajstić information content (AvgIpc) is 3.16. The van der Waals surface area contributed by atoms with Gasteiger partial charge in [0.1, 0.15) is 11.7 Å². The van der Waals surface area contributed by atoms with Crippen molar-refractivity contribution in [2.45, 2.75) is 25.4 Å². The van der Waals surface area contributed by atoms with E-state index in [1.165, 1.54) is 12.1 Å². The lowest BCUT2D eigenvalue weighted by Gasteiger charge is -2.09. The zero-order valence-corrected chi connectivity index (χ0v) is 10.6. The van der Waals surface area contributed by atoms with Crippen molar-refractivity contribution in [2.75, 3.05) is 0 Å². The molecule has 1 aromatic carbocycles. The second kappa shape index (κ2) is 5.58. The maximum absolute atomic E-state index is 12.0.